The van der Waals surface area contributed by atoms with Gasteiger partial charge in [0.1, 0.15) is 5.65 Å². The van der Waals surface area contributed by atoms with Crippen LogP contribution in [0.15, 0.2) is 30.6 Å². The first kappa shape index (κ1) is 15.3. The summed E-state index contributed by atoms with van der Waals surface area (Å²) in [6, 6.07) is 4.19. The van der Waals surface area contributed by atoms with Crippen LogP contribution >= 0.6 is 0 Å². The molecule has 1 aliphatic rings. The second-order valence-corrected chi connectivity index (χ2v) is 6.76. The smallest absolute Gasteiger partial charge is 0.137 e. The predicted octanol–water partition coefficient (Wildman–Crippen LogP) is 4.62. The third-order valence-corrected chi connectivity index (χ3v) is 5.33. The topological polar surface area (TPSA) is 31.9 Å². The van der Waals surface area contributed by atoms with Crippen molar-refractivity contribution in [2.45, 2.75) is 51.0 Å². The lowest BCUT2D eigenvalue weighted by Gasteiger charge is -2.42. The molecule has 1 aliphatic carbocycles. The van der Waals surface area contributed by atoms with Crippen molar-refractivity contribution in [1.82, 2.24) is 14.9 Å². The molecule has 2 aromatic heterocycles. The Labute approximate surface area is 133 Å². The summed E-state index contributed by atoms with van der Waals surface area (Å²) in [7, 11) is 4.48. The van der Waals surface area contributed by atoms with Crippen LogP contribution in [0.25, 0.3) is 16.6 Å². The number of nitrogens with one attached hydrogen (secondary N) is 1. The monoisotopic (exact) mass is 297 g/mol. The average Bonchev–Trinajstić information content (AvgIpc) is 2.97. The first-order valence-electron chi connectivity index (χ1n) is 8.45. The Morgan fingerprint density at radius 3 is 2.91 bits per heavy atom. The molecule has 3 rings (SSSR count). The molecule has 0 aromatic carbocycles. The fourth-order valence-corrected chi connectivity index (χ4v) is 3.71. The number of aromatic amines is 1. The minimum absolute atomic E-state index is 0.351. The molecule has 2 heterocycles. The molecule has 0 saturated carbocycles. The first-order chi connectivity index (χ1) is 10.7. The van der Waals surface area contributed by atoms with E-state index >= 15 is 0 Å². The minimum atomic E-state index is 0.351. The van der Waals surface area contributed by atoms with Gasteiger partial charge in [-0.05, 0) is 57.5 Å². The molecule has 0 amide bonds. The van der Waals surface area contributed by atoms with Gasteiger partial charge in [0.05, 0.1) is 0 Å². The van der Waals surface area contributed by atoms with Crippen LogP contribution in [-0.2, 0) is 0 Å². The van der Waals surface area contributed by atoms with E-state index in [0.717, 1.165) is 18.5 Å². The summed E-state index contributed by atoms with van der Waals surface area (Å²) in [5.41, 5.74) is 4.16. The number of fused-ring (bicyclic) bond motifs is 1. The lowest BCUT2D eigenvalue weighted by molar-refractivity contribution is 0.124. The molecular formula is C19H27N3. The van der Waals surface area contributed by atoms with Crippen molar-refractivity contribution in [2.24, 2.45) is 0 Å². The Morgan fingerprint density at radius 2 is 2.23 bits per heavy atom. The van der Waals surface area contributed by atoms with E-state index in [-0.39, 0.29) is 0 Å². The Hall–Kier alpha value is -1.61. The number of pyridine rings is 1. The maximum Gasteiger partial charge on any atom is 0.137 e. The molecule has 0 aliphatic heterocycles. The number of aromatic nitrogens is 2. The van der Waals surface area contributed by atoms with Crippen molar-refractivity contribution < 1.29 is 0 Å². The number of rotatable bonds is 5. The van der Waals surface area contributed by atoms with Gasteiger partial charge in [-0.3, -0.25) is 0 Å². The molecule has 3 nitrogen and oxygen atoms in total. The van der Waals surface area contributed by atoms with Crippen molar-refractivity contribution in [2.75, 3.05) is 14.1 Å². The molecule has 0 bridgehead atoms. The van der Waals surface area contributed by atoms with E-state index in [2.05, 4.69) is 54.2 Å². The maximum atomic E-state index is 4.40. The molecule has 0 fully saturated rings. The van der Waals surface area contributed by atoms with Gasteiger partial charge in [0.15, 0.2) is 0 Å². The zero-order valence-electron chi connectivity index (χ0n) is 14.0. The van der Waals surface area contributed by atoms with Gasteiger partial charge >= 0.3 is 0 Å². The number of allylic oxidation sites excluding steroid dienone is 1. The van der Waals surface area contributed by atoms with Crippen LogP contribution in [0, 0.1) is 0 Å². The Kier molecular flexibility index (Phi) is 4.34. The fraction of sp³-hybridized carbons (Fsp3) is 0.526. The number of H-pyrrole nitrogens is 1. The zero-order chi connectivity index (χ0) is 15.6. The van der Waals surface area contributed by atoms with Gasteiger partial charge in [0.25, 0.3) is 0 Å². The summed E-state index contributed by atoms with van der Waals surface area (Å²) < 4.78 is 0. The van der Waals surface area contributed by atoms with Crippen LogP contribution in [0.4, 0.5) is 0 Å². The highest BCUT2D eigenvalue weighted by atomic mass is 15.1. The van der Waals surface area contributed by atoms with E-state index in [9.17, 15) is 0 Å². The van der Waals surface area contributed by atoms with Gasteiger partial charge in [-0.1, -0.05) is 25.8 Å². The summed E-state index contributed by atoms with van der Waals surface area (Å²) in [6.07, 6.45) is 13.9. The maximum absolute atomic E-state index is 4.40. The van der Waals surface area contributed by atoms with Crippen LogP contribution in [-0.4, -0.2) is 34.5 Å². The van der Waals surface area contributed by atoms with Crippen LogP contribution < -0.4 is 0 Å². The van der Waals surface area contributed by atoms with Gasteiger partial charge < -0.3 is 9.88 Å². The van der Waals surface area contributed by atoms with E-state index < -0.39 is 0 Å². The fourth-order valence-electron chi connectivity index (χ4n) is 3.71. The van der Waals surface area contributed by atoms with Crippen LogP contribution in [0.1, 0.15) is 51.0 Å². The molecular weight excluding hydrogens is 270 g/mol. The molecule has 1 atom stereocenters. The van der Waals surface area contributed by atoms with Crippen molar-refractivity contribution in [3.05, 3.63) is 36.2 Å². The molecule has 0 radical (unpaired) electrons. The lowest BCUT2D eigenvalue weighted by Crippen LogP contribution is -2.45. The SMILES string of the molecule is CCCCC1(N(C)C)CC=C(c2c[nH]c3ncccc23)CC1. The molecule has 2 aromatic rings. The summed E-state index contributed by atoms with van der Waals surface area (Å²) in [4.78, 5) is 10.2. The first-order valence-corrected chi connectivity index (χ1v) is 8.45. The normalized spacial score (nSPS) is 22.3. The molecule has 1 N–H and O–H groups in total. The van der Waals surface area contributed by atoms with Crippen molar-refractivity contribution in [1.29, 1.82) is 0 Å². The van der Waals surface area contributed by atoms with E-state index in [1.165, 1.54) is 42.2 Å². The second-order valence-electron chi connectivity index (χ2n) is 6.76. The Bertz CT molecular complexity index is 668. The number of hydrogen-bond acceptors (Lipinski definition) is 2. The predicted molar refractivity (Wildman–Crippen MR) is 93.9 cm³/mol. The van der Waals surface area contributed by atoms with E-state index in [1.807, 2.05) is 12.3 Å². The zero-order valence-corrected chi connectivity index (χ0v) is 14.0. The molecule has 22 heavy (non-hydrogen) atoms. The number of nitrogens with zero attached hydrogens (tertiary/aromatic N) is 2. The van der Waals surface area contributed by atoms with Crippen molar-refractivity contribution in [3.63, 3.8) is 0 Å². The van der Waals surface area contributed by atoms with Gasteiger partial charge in [-0.2, -0.15) is 0 Å². The van der Waals surface area contributed by atoms with E-state index in [1.54, 1.807) is 0 Å². The van der Waals surface area contributed by atoms with Gasteiger partial charge in [0, 0.05) is 28.9 Å². The number of unbranched alkanes of at least 4 members (excludes halogenated alkanes) is 1. The highest BCUT2D eigenvalue weighted by molar-refractivity contribution is 5.90. The average molecular weight is 297 g/mol. The molecule has 0 spiro atoms. The third-order valence-electron chi connectivity index (χ3n) is 5.33. The lowest BCUT2D eigenvalue weighted by atomic mass is 9.77. The highest BCUT2D eigenvalue weighted by Crippen LogP contribution is 2.40. The van der Waals surface area contributed by atoms with Gasteiger partial charge in [0.2, 0.25) is 0 Å². The molecule has 3 heteroatoms. The largest absolute Gasteiger partial charge is 0.346 e. The van der Waals surface area contributed by atoms with Crippen LogP contribution in [0.3, 0.4) is 0 Å². The Morgan fingerprint density at radius 1 is 1.36 bits per heavy atom. The summed E-state index contributed by atoms with van der Waals surface area (Å²) in [5.74, 6) is 0. The van der Waals surface area contributed by atoms with Crippen molar-refractivity contribution in [3.8, 4) is 0 Å². The quantitative estimate of drug-likeness (QED) is 0.873. The summed E-state index contributed by atoms with van der Waals surface area (Å²) in [6.45, 7) is 2.28. The summed E-state index contributed by atoms with van der Waals surface area (Å²) in [5, 5.41) is 1.25. The van der Waals surface area contributed by atoms with Crippen LogP contribution in [0.2, 0.25) is 0 Å². The van der Waals surface area contributed by atoms with Gasteiger partial charge in [-0.25, -0.2) is 4.98 Å². The molecule has 1 unspecified atom stereocenters. The van der Waals surface area contributed by atoms with E-state index in [4.69, 9.17) is 0 Å². The number of hydrogen-bond donors (Lipinski definition) is 1. The second kappa shape index (κ2) is 6.25. The molecule has 0 saturated heterocycles. The molecule has 118 valence electrons. The third kappa shape index (κ3) is 2.70. The summed E-state index contributed by atoms with van der Waals surface area (Å²) >= 11 is 0. The van der Waals surface area contributed by atoms with Crippen LogP contribution in [0.5, 0.6) is 0 Å². The standard InChI is InChI=1S/C19H27N3/c1-4-5-10-19(22(2)3)11-8-15(9-12-19)17-14-21-18-16(17)7-6-13-20-18/h6-8,13-14H,4-5,9-12H2,1-3H3,(H,20,21). The van der Waals surface area contributed by atoms with E-state index in [0.29, 0.717) is 5.54 Å². The van der Waals surface area contributed by atoms with Crippen molar-refractivity contribution >= 4 is 16.6 Å². The van der Waals surface area contributed by atoms with Gasteiger partial charge in [-0.15, -0.1) is 0 Å². The highest BCUT2D eigenvalue weighted by Gasteiger charge is 2.33. The Balaban J connectivity index is 1.86. The minimum Gasteiger partial charge on any atom is -0.346 e.